The first kappa shape index (κ1) is 29.3. The van der Waals surface area contributed by atoms with Crippen molar-refractivity contribution in [3.8, 4) is 0 Å². The maximum absolute atomic E-state index is 9.63. The molecule has 0 rings (SSSR count). The topological polar surface area (TPSA) is 29.5 Å². The maximum atomic E-state index is 9.63. The first-order chi connectivity index (χ1) is 14.2. The third kappa shape index (κ3) is 24.4. The number of aliphatic hydroxyl groups is 1. The van der Waals surface area contributed by atoms with E-state index in [2.05, 4.69) is 26.5 Å². The van der Waals surface area contributed by atoms with Gasteiger partial charge in [-0.3, -0.25) is 0 Å². The Morgan fingerprint density at radius 1 is 0.586 bits per heavy atom. The molecule has 0 bridgehead atoms. The van der Waals surface area contributed by atoms with E-state index in [1.807, 2.05) is 0 Å². The monoisotopic (exact) mass is 430 g/mol. The molecule has 1 N–H and O–H groups in total. The molecule has 0 aliphatic carbocycles. The summed E-state index contributed by atoms with van der Waals surface area (Å²) in [6, 6.07) is 0. The molecule has 0 heterocycles. The van der Waals surface area contributed by atoms with E-state index in [-0.39, 0.29) is 6.10 Å². The summed E-state index contributed by atoms with van der Waals surface area (Å²) >= 11 is 4.16. The van der Waals surface area contributed by atoms with Crippen LogP contribution in [0.4, 0.5) is 0 Å². The molecule has 0 aliphatic heterocycles. The van der Waals surface area contributed by atoms with E-state index < -0.39 is 5.44 Å². The second-order valence-electron chi connectivity index (χ2n) is 9.01. The number of unbranched alkanes of at least 4 members (excludes halogenated alkanes) is 17. The predicted octanol–water partition coefficient (Wildman–Crippen LogP) is 8.85. The Hall–Kier alpha value is 0.270. The summed E-state index contributed by atoms with van der Waals surface area (Å²) < 4.78 is 6.08. The van der Waals surface area contributed by atoms with Crippen LogP contribution in [-0.4, -0.2) is 23.3 Å². The molecule has 176 valence electrons. The fourth-order valence-electron chi connectivity index (χ4n) is 4.03. The first-order valence-electron chi connectivity index (χ1n) is 13.2. The van der Waals surface area contributed by atoms with Gasteiger partial charge >= 0.3 is 0 Å². The van der Waals surface area contributed by atoms with Gasteiger partial charge in [-0.1, -0.05) is 129 Å². The molecule has 0 aromatic carbocycles. The minimum absolute atomic E-state index is 0.186. The second kappa shape index (κ2) is 24.5. The van der Waals surface area contributed by atoms with Crippen molar-refractivity contribution in [1.29, 1.82) is 0 Å². The Balaban J connectivity index is 3.54. The summed E-state index contributed by atoms with van der Waals surface area (Å²) in [7, 11) is 0. The predicted molar refractivity (Wildman–Crippen MR) is 133 cm³/mol. The molecule has 2 nitrogen and oxygen atoms in total. The zero-order valence-corrected chi connectivity index (χ0v) is 20.9. The van der Waals surface area contributed by atoms with Gasteiger partial charge in [0.15, 0.2) is 0 Å². The van der Waals surface area contributed by atoms with Gasteiger partial charge in [0.05, 0.1) is 11.5 Å². The Kier molecular flexibility index (Phi) is 24.8. The lowest BCUT2D eigenvalue weighted by Gasteiger charge is -2.19. The summed E-state index contributed by atoms with van der Waals surface area (Å²) in [5.74, 6) is 0. The van der Waals surface area contributed by atoms with Gasteiger partial charge < -0.3 is 9.84 Å². The molecule has 3 heteroatoms. The highest BCUT2D eigenvalue weighted by atomic mass is 32.1. The molecule has 0 aliphatic rings. The smallest absolute Gasteiger partial charge is 0.0989 e. The standard InChI is InChI=1S/C26H54O2S/c1-3-5-7-9-11-13-14-15-16-18-20-22-25(24-26(27)29)28-23-21-19-17-12-10-8-6-4-2/h25-27,29H,3-24H2,1-2H3. The molecule has 0 saturated carbocycles. The Morgan fingerprint density at radius 2 is 0.966 bits per heavy atom. The van der Waals surface area contributed by atoms with Crippen LogP contribution in [0.2, 0.25) is 0 Å². The van der Waals surface area contributed by atoms with E-state index in [0.29, 0.717) is 6.42 Å². The lowest BCUT2D eigenvalue weighted by molar-refractivity contribution is 0.0220. The minimum atomic E-state index is -0.550. The van der Waals surface area contributed by atoms with Crippen molar-refractivity contribution in [1.82, 2.24) is 0 Å². The van der Waals surface area contributed by atoms with Gasteiger partial charge in [-0.15, -0.1) is 12.6 Å². The van der Waals surface area contributed by atoms with Crippen molar-refractivity contribution < 1.29 is 9.84 Å². The van der Waals surface area contributed by atoms with Crippen LogP contribution in [0.15, 0.2) is 0 Å². The van der Waals surface area contributed by atoms with E-state index >= 15 is 0 Å². The van der Waals surface area contributed by atoms with Gasteiger partial charge in [-0.05, 0) is 12.8 Å². The molecule has 0 aromatic heterocycles. The van der Waals surface area contributed by atoms with Crippen molar-refractivity contribution in [3.63, 3.8) is 0 Å². The fraction of sp³-hybridized carbons (Fsp3) is 1.00. The molecule has 0 fully saturated rings. The van der Waals surface area contributed by atoms with Crippen molar-refractivity contribution in [2.45, 2.75) is 160 Å². The number of aliphatic hydroxyl groups excluding tert-OH is 1. The van der Waals surface area contributed by atoms with E-state index in [9.17, 15) is 5.11 Å². The average molecular weight is 431 g/mol. The van der Waals surface area contributed by atoms with Gasteiger partial charge in [0, 0.05) is 13.0 Å². The zero-order chi connectivity index (χ0) is 21.4. The summed E-state index contributed by atoms with van der Waals surface area (Å²) in [6.07, 6.45) is 27.7. The van der Waals surface area contributed by atoms with Crippen LogP contribution in [-0.2, 0) is 4.74 Å². The normalized spacial score (nSPS) is 13.7. The van der Waals surface area contributed by atoms with Gasteiger partial charge in [0.1, 0.15) is 0 Å². The van der Waals surface area contributed by atoms with Crippen LogP contribution in [0.1, 0.15) is 149 Å². The zero-order valence-electron chi connectivity index (χ0n) is 20.0. The minimum Gasteiger partial charge on any atom is -0.383 e. The van der Waals surface area contributed by atoms with Crippen molar-refractivity contribution in [2.24, 2.45) is 0 Å². The number of rotatable bonds is 24. The van der Waals surface area contributed by atoms with Crippen molar-refractivity contribution in [3.05, 3.63) is 0 Å². The van der Waals surface area contributed by atoms with E-state index in [1.165, 1.54) is 116 Å². The highest BCUT2D eigenvalue weighted by Gasteiger charge is 2.12. The molecule has 0 spiro atoms. The van der Waals surface area contributed by atoms with E-state index in [1.54, 1.807) is 0 Å². The number of hydrogen-bond donors (Lipinski definition) is 2. The van der Waals surface area contributed by atoms with Crippen molar-refractivity contribution in [2.75, 3.05) is 6.61 Å². The Bertz CT molecular complexity index is 296. The van der Waals surface area contributed by atoms with Crippen LogP contribution >= 0.6 is 12.6 Å². The maximum Gasteiger partial charge on any atom is 0.0989 e. The quantitative estimate of drug-likeness (QED) is 0.0909. The van der Waals surface area contributed by atoms with Gasteiger partial charge in [-0.2, -0.15) is 0 Å². The van der Waals surface area contributed by atoms with Crippen LogP contribution in [0.25, 0.3) is 0 Å². The average Bonchev–Trinajstić information content (AvgIpc) is 2.70. The fourth-order valence-corrected chi connectivity index (χ4v) is 4.26. The van der Waals surface area contributed by atoms with Crippen LogP contribution < -0.4 is 0 Å². The summed E-state index contributed by atoms with van der Waals surface area (Å²) in [5, 5.41) is 9.63. The third-order valence-corrected chi connectivity index (χ3v) is 6.17. The Labute approximate surface area is 189 Å². The molecular weight excluding hydrogens is 376 g/mol. The lowest BCUT2D eigenvalue weighted by atomic mass is 10.0. The SMILES string of the molecule is CCCCCCCCCCCCCC(CC(O)S)OCCCCCCCCCC. The molecule has 2 atom stereocenters. The van der Waals surface area contributed by atoms with Crippen LogP contribution in [0.5, 0.6) is 0 Å². The Morgan fingerprint density at radius 3 is 1.38 bits per heavy atom. The van der Waals surface area contributed by atoms with Crippen LogP contribution in [0, 0.1) is 0 Å². The largest absolute Gasteiger partial charge is 0.383 e. The van der Waals surface area contributed by atoms with Crippen LogP contribution in [0.3, 0.4) is 0 Å². The van der Waals surface area contributed by atoms with Crippen molar-refractivity contribution >= 4 is 12.6 Å². The lowest BCUT2D eigenvalue weighted by Crippen LogP contribution is -2.18. The highest BCUT2D eigenvalue weighted by Crippen LogP contribution is 2.17. The molecule has 0 saturated heterocycles. The molecule has 0 aromatic rings. The number of ether oxygens (including phenoxy) is 1. The second-order valence-corrected chi connectivity index (χ2v) is 9.60. The molecule has 0 radical (unpaired) electrons. The number of hydrogen-bond acceptors (Lipinski definition) is 3. The summed E-state index contributed by atoms with van der Waals surface area (Å²) in [4.78, 5) is 0. The third-order valence-electron chi connectivity index (χ3n) is 5.95. The van der Waals surface area contributed by atoms with Gasteiger partial charge in [0.2, 0.25) is 0 Å². The molecular formula is C26H54O2S. The molecule has 2 unspecified atom stereocenters. The molecule has 0 amide bonds. The van der Waals surface area contributed by atoms with E-state index in [0.717, 1.165) is 19.4 Å². The van der Waals surface area contributed by atoms with Gasteiger partial charge in [0.25, 0.3) is 0 Å². The number of thiol groups is 1. The molecule has 29 heavy (non-hydrogen) atoms. The highest BCUT2D eigenvalue weighted by molar-refractivity contribution is 7.80. The van der Waals surface area contributed by atoms with Gasteiger partial charge in [-0.25, -0.2) is 0 Å². The summed E-state index contributed by atoms with van der Waals surface area (Å²) in [6.45, 7) is 5.40. The first-order valence-corrected chi connectivity index (χ1v) is 13.7. The summed E-state index contributed by atoms with van der Waals surface area (Å²) in [5.41, 5.74) is -0.550. The van der Waals surface area contributed by atoms with E-state index in [4.69, 9.17) is 4.74 Å².